The summed E-state index contributed by atoms with van der Waals surface area (Å²) < 4.78 is 40.2. The third kappa shape index (κ3) is 3.07. The predicted octanol–water partition coefficient (Wildman–Crippen LogP) is 5.87. The monoisotopic (exact) mass is 315 g/mol. The van der Waals surface area contributed by atoms with Crippen molar-refractivity contribution in [2.75, 3.05) is 0 Å². The van der Waals surface area contributed by atoms with Crippen molar-refractivity contribution in [3.8, 4) is 11.3 Å². The zero-order valence-electron chi connectivity index (χ0n) is 12.7. The number of aromatic nitrogens is 1. The third-order valence-corrected chi connectivity index (χ3v) is 3.84. The highest BCUT2D eigenvalue weighted by molar-refractivity contribution is 5.97. The van der Waals surface area contributed by atoms with Gasteiger partial charge < -0.3 is 0 Å². The third-order valence-electron chi connectivity index (χ3n) is 3.84. The second-order valence-electron chi connectivity index (χ2n) is 5.51. The molecule has 2 aromatic carbocycles. The van der Waals surface area contributed by atoms with Crippen LogP contribution in [0.15, 0.2) is 54.7 Å². The quantitative estimate of drug-likeness (QED) is 0.589. The van der Waals surface area contributed by atoms with Gasteiger partial charge in [-0.3, -0.25) is 4.98 Å². The molecule has 0 saturated carbocycles. The molecule has 3 aromatic rings. The van der Waals surface area contributed by atoms with Gasteiger partial charge in [-0.25, -0.2) is 0 Å². The second kappa shape index (κ2) is 6.03. The molecule has 0 aliphatic rings. The lowest BCUT2D eigenvalue weighted by molar-refractivity contribution is -0.136. The molecule has 0 radical (unpaired) electrons. The van der Waals surface area contributed by atoms with Crippen LogP contribution < -0.4 is 0 Å². The summed E-state index contributed by atoms with van der Waals surface area (Å²) in [5, 5.41) is 0.710. The van der Waals surface area contributed by atoms with Gasteiger partial charge in [0.25, 0.3) is 0 Å². The van der Waals surface area contributed by atoms with E-state index in [4.69, 9.17) is 0 Å². The van der Waals surface area contributed by atoms with E-state index in [1.165, 1.54) is 6.07 Å². The minimum atomic E-state index is -4.40. The number of benzene rings is 2. The van der Waals surface area contributed by atoms with Crippen LogP contribution >= 0.6 is 0 Å². The number of alkyl halides is 3. The van der Waals surface area contributed by atoms with E-state index < -0.39 is 11.7 Å². The van der Waals surface area contributed by atoms with Gasteiger partial charge in [-0.2, -0.15) is 13.2 Å². The Balaban J connectivity index is 2.28. The van der Waals surface area contributed by atoms with E-state index in [0.29, 0.717) is 11.1 Å². The van der Waals surface area contributed by atoms with Gasteiger partial charge in [0, 0.05) is 17.1 Å². The highest BCUT2D eigenvalue weighted by atomic mass is 19.4. The molecule has 0 amide bonds. The number of aryl methyl sites for hydroxylation is 1. The largest absolute Gasteiger partial charge is 0.417 e. The van der Waals surface area contributed by atoms with Gasteiger partial charge in [0.1, 0.15) is 0 Å². The molecule has 0 atom stereocenters. The summed E-state index contributed by atoms with van der Waals surface area (Å²) in [6.07, 6.45) is -0.965. The fraction of sp³-hybridized carbons (Fsp3) is 0.211. The molecule has 0 bridgehead atoms. The van der Waals surface area contributed by atoms with Gasteiger partial charge in [0.15, 0.2) is 0 Å². The predicted molar refractivity (Wildman–Crippen MR) is 86.2 cm³/mol. The van der Waals surface area contributed by atoms with Gasteiger partial charge in [-0.1, -0.05) is 43.7 Å². The van der Waals surface area contributed by atoms with Gasteiger partial charge in [-0.05, 0) is 35.6 Å². The van der Waals surface area contributed by atoms with Crippen molar-refractivity contribution in [2.24, 2.45) is 0 Å². The molecule has 0 fully saturated rings. The van der Waals surface area contributed by atoms with Gasteiger partial charge in [0.2, 0.25) is 0 Å². The fourth-order valence-electron chi connectivity index (χ4n) is 2.85. The molecule has 118 valence electrons. The first-order valence-corrected chi connectivity index (χ1v) is 7.55. The van der Waals surface area contributed by atoms with Crippen molar-refractivity contribution >= 4 is 10.8 Å². The van der Waals surface area contributed by atoms with Crippen molar-refractivity contribution in [3.05, 3.63) is 65.9 Å². The van der Waals surface area contributed by atoms with Crippen LogP contribution in [-0.4, -0.2) is 4.98 Å². The molecule has 0 spiro atoms. The van der Waals surface area contributed by atoms with Crippen LogP contribution in [0.1, 0.15) is 24.5 Å². The molecule has 4 heteroatoms. The van der Waals surface area contributed by atoms with Crippen molar-refractivity contribution in [2.45, 2.75) is 25.9 Å². The Morgan fingerprint density at radius 3 is 2.52 bits per heavy atom. The van der Waals surface area contributed by atoms with Crippen LogP contribution in [0.3, 0.4) is 0 Å². The average molecular weight is 315 g/mol. The zero-order valence-corrected chi connectivity index (χ0v) is 12.7. The van der Waals surface area contributed by atoms with Gasteiger partial charge in [-0.15, -0.1) is 0 Å². The van der Waals surface area contributed by atoms with E-state index in [9.17, 15) is 13.2 Å². The number of hydrogen-bond acceptors (Lipinski definition) is 1. The maximum Gasteiger partial charge on any atom is 0.417 e. The second-order valence-corrected chi connectivity index (χ2v) is 5.51. The summed E-state index contributed by atoms with van der Waals surface area (Å²) in [6.45, 7) is 2.07. The maximum absolute atomic E-state index is 13.4. The fourth-order valence-corrected chi connectivity index (χ4v) is 2.85. The summed E-state index contributed by atoms with van der Waals surface area (Å²) in [5.74, 6) is 0. The summed E-state index contributed by atoms with van der Waals surface area (Å²) in [7, 11) is 0. The van der Waals surface area contributed by atoms with Crippen LogP contribution in [0.25, 0.3) is 22.0 Å². The lowest BCUT2D eigenvalue weighted by Gasteiger charge is -2.14. The molecule has 0 aliphatic carbocycles. The smallest absolute Gasteiger partial charge is 0.256 e. The Morgan fingerprint density at radius 1 is 1.00 bits per heavy atom. The number of halogens is 3. The lowest BCUT2D eigenvalue weighted by Crippen LogP contribution is -2.06. The summed E-state index contributed by atoms with van der Waals surface area (Å²) in [5.41, 5.74) is 1.57. The van der Waals surface area contributed by atoms with E-state index in [0.717, 1.165) is 30.0 Å². The first-order chi connectivity index (χ1) is 11.0. The van der Waals surface area contributed by atoms with Crippen LogP contribution in [-0.2, 0) is 12.6 Å². The maximum atomic E-state index is 13.4. The van der Waals surface area contributed by atoms with Crippen molar-refractivity contribution in [1.29, 1.82) is 0 Å². The van der Waals surface area contributed by atoms with Crippen LogP contribution in [0, 0.1) is 0 Å². The lowest BCUT2D eigenvalue weighted by atomic mass is 9.97. The Labute approximate surface area is 132 Å². The molecule has 0 saturated heterocycles. The first kappa shape index (κ1) is 15.5. The van der Waals surface area contributed by atoms with Crippen molar-refractivity contribution < 1.29 is 13.2 Å². The number of fused-ring (bicyclic) bond motifs is 1. The normalized spacial score (nSPS) is 11.8. The molecule has 0 N–H and O–H groups in total. The number of pyridine rings is 1. The molecule has 23 heavy (non-hydrogen) atoms. The molecule has 0 unspecified atom stereocenters. The molecule has 1 nitrogen and oxygen atoms in total. The van der Waals surface area contributed by atoms with E-state index in [2.05, 4.69) is 11.9 Å². The molecule has 1 aromatic heterocycles. The molecular formula is C19H16F3N. The molecule has 3 rings (SSSR count). The van der Waals surface area contributed by atoms with E-state index >= 15 is 0 Å². The van der Waals surface area contributed by atoms with E-state index in [-0.39, 0.29) is 5.39 Å². The highest BCUT2D eigenvalue weighted by Crippen LogP contribution is 2.38. The van der Waals surface area contributed by atoms with Crippen LogP contribution in [0.5, 0.6) is 0 Å². The Bertz CT molecular complexity index is 832. The van der Waals surface area contributed by atoms with E-state index in [1.807, 2.05) is 24.3 Å². The van der Waals surface area contributed by atoms with Crippen molar-refractivity contribution in [3.63, 3.8) is 0 Å². The minimum absolute atomic E-state index is 0.163. The van der Waals surface area contributed by atoms with Crippen LogP contribution in [0.4, 0.5) is 13.2 Å². The summed E-state index contributed by atoms with van der Waals surface area (Å²) in [6, 6.07) is 13.5. The van der Waals surface area contributed by atoms with E-state index in [1.54, 1.807) is 18.3 Å². The number of hydrogen-bond donors (Lipinski definition) is 0. The Hall–Kier alpha value is -2.36. The number of rotatable bonds is 3. The topological polar surface area (TPSA) is 12.9 Å². The Morgan fingerprint density at radius 2 is 1.78 bits per heavy atom. The minimum Gasteiger partial charge on any atom is -0.256 e. The SMILES string of the molecule is CCCc1cccc(-c2nccc3cccc(C(F)(F)F)c23)c1. The number of nitrogens with zero attached hydrogens (tertiary/aromatic N) is 1. The van der Waals surface area contributed by atoms with Gasteiger partial charge in [0.05, 0.1) is 11.3 Å². The van der Waals surface area contributed by atoms with Crippen LogP contribution in [0.2, 0.25) is 0 Å². The summed E-state index contributed by atoms with van der Waals surface area (Å²) >= 11 is 0. The Kier molecular flexibility index (Phi) is 4.07. The average Bonchev–Trinajstić information content (AvgIpc) is 2.53. The first-order valence-electron chi connectivity index (χ1n) is 7.55. The van der Waals surface area contributed by atoms with Crippen molar-refractivity contribution in [1.82, 2.24) is 4.98 Å². The highest BCUT2D eigenvalue weighted by Gasteiger charge is 2.33. The molecule has 1 heterocycles. The van der Waals surface area contributed by atoms with Gasteiger partial charge >= 0.3 is 6.18 Å². The molecular weight excluding hydrogens is 299 g/mol. The standard InChI is InChI=1S/C19H16F3N/c1-2-5-13-6-3-8-15(12-13)18-17-14(10-11-23-18)7-4-9-16(17)19(20,21)22/h3-4,6-12H,2,5H2,1H3. The molecule has 0 aliphatic heterocycles. The summed E-state index contributed by atoms with van der Waals surface area (Å²) in [4.78, 5) is 4.25. The zero-order chi connectivity index (χ0) is 16.4.